The summed E-state index contributed by atoms with van der Waals surface area (Å²) in [6.07, 6.45) is 0. The van der Waals surface area contributed by atoms with Crippen molar-refractivity contribution in [1.29, 1.82) is 0 Å². The topological polar surface area (TPSA) is 58.2 Å². The molecule has 4 heteroatoms. The first-order valence-corrected chi connectivity index (χ1v) is 8.88. The minimum atomic E-state index is -0.264. The fourth-order valence-electron chi connectivity index (χ4n) is 2.68. The molecule has 0 aromatic heterocycles. The average Bonchev–Trinajstić information content (AvgIpc) is 2.72. The molecule has 136 valence electrons. The second-order valence-corrected chi connectivity index (χ2v) is 6.39. The summed E-state index contributed by atoms with van der Waals surface area (Å²) in [6.45, 7) is 2.41. The van der Waals surface area contributed by atoms with Crippen molar-refractivity contribution in [3.05, 3.63) is 95.6 Å². The number of carbonyl (C=O) groups is 2. The van der Waals surface area contributed by atoms with Crippen LogP contribution in [0.1, 0.15) is 21.5 Å². The summed E-state index contributed by atoms with van der Waals surface area (Å²) in [5, 5.41) is 5.45. The molecule has 3 aromatic carbocycles. The number of hydrogen-bond donors (Lipinski definition) is 2. The monoisotopic (exact) mass is 358 g/mol. The van der Waals surface area contributed by atoms with Crippen LogP contribution in [0.5, 0.6) is 0 Å². The fraction of sp³-hybridized carbons (Fsp3) is 0.130. The van der Waals surface area contributed by atoms with Gasteiger partial charge in [-0.2, -0.15) is 0 Å². The van der Waals surface area contributed by atoms with Crippen LogP contribution in [0.3, 0.4) is 0 Å². The number of hydrogen-bond acceptors (Lipinski definition) is 2. The Hall–Kier alpha value is -3.40. The van der Waals surface area contributed by atoms with Gasteiger partial charge in [0.1, 0.15) is 0 Å². The second-order valence-electron chi connectivity index (χ2n) is 6.39. The lowest BCUT2D eigenvalue weighted by atomic mass is 10.0. The van der Waals surface area contributed by atoms with E-state index in [1.165, 1.54) is 5.56 Å². The van der Waals surface area contributed by atoms with E-state index in [0.717, 1.165) is 16.7 Å². The molecule has 0 saturated carbocycles. The highest BCUT2D eigenvalue weighted by molar-refractivity contribution is 5.96. The van der Waals surface area contributed by atoms with Gasteiger partial charge in [-0.05, 0) is 35.7 Å². The lowest BCUT2D eigenvalue weighted by Gasteiger charge is -2.08. The third-order valence-electron chi connectivity index (χ3n) is 4.27. The van der Waals surface area contributed by atoms with Crippen molar-refractivity contribution in [2.24, 2.45) is 0 Å². The highest BCUT2D eigenvalue weighted by atomic mass is 16.2. The molecule has 0 fully saturated rings. The molecule has 0 unspecified atom stereocenters. The Morgan fingerprint density at radius 3 is 2.04 bits per heavy atom. The minimum Gasteiger partial charge on any atom is -0.350 e. The van der Waals surface area contributed by atoms with Gasteiger partial charge in [-0.3, -0.25) is 9.59 Å². The quantitative estimate of drug-likeness (QED) is 0.706. The summed E-state index contributed by atoms with van der Waals surface area (Å²) in [5.74, 6) is -0.482. The number of amides is 2. The van der Waals surface area contributed by atoms with E-state index in [1.807, 2.05) is 73.7 Å². The van der Waals surface area contributed by atoms with E-state index in [9.17, 15) is 9.59 Å². The van der Waals surface area contributed by atoms with Gasteiger partial charge in [0.25, 0.3) is 5.91 Å². The molecule has 0 saturated heterocycles. The van der Waals surface area contributed by atoms with Crippen molar-refractivity contribution < 1.29 is 9.59 Å². The number of nitrogens with one attached hydrogen (secondary N) is 2. The molecule has 3 aromatic rings. The van der Waals surface area contributed by atoms with Crippen molar-refractivity contribution in [2.45, 2.75) is 13.5 Å². The summed E-state index contributed by atoms with van der Waals surface area (Å²) in [4.78, 5) is 24.1. The van der Waals surface area contributed by atoms with Gasteiger partial charge in [-0.25, -0.2) is 0 Å². The summed E-state index contributed by atoms with van der Waals surface area (Å²) in [6, 6.07) is 25.3. The van der Waals surface area contributed by atoms with Gasteiger partial charge < -0.3 is 10.6 Å². The number of aryl methyl sites for hydroxylation is 1. The summed E-state index contributed by atoms with van der Waals surface area (Å²) in [7, 11) is 0. The van der Waals surface area contributed by atoms with Crippen LogP contribution in [-0.2, 0) is 11.3 Å². The molecule has 0 atom stereocenters. The van der Waals surface area contributed by atoms with E-state index < -0.39 is 0 Å². The van der Waals surface area contributed by atoms with Crippen molar-refractivity contribution >= 4 is 11.8 Å². The highest BCUT2D eigenvalue weighted by Crippen LogP contribution is 2.19. The van der Waals surface area contributed by atoms with Gasteiger partial charge in [0.05, 0.1) is 6.54 Å². The maximum absolute atomic E-state index is 12.2. The molecule has 0 aliphatic heterocycles. The predicted molar refractivity (Wildman–Crippen MR) is 107 cm³/mol. The molecule has 2 N–H and O–H groups in total. The van der Waals surface area contributed by atoms with Crippen molar-refractivity contribution in [3.8, 4) is 11.1 Å². The van der Waals surface area contributed by atoms with E-state index in [0.29, 0.717) is 12.1 Å². The largest absolute Gasteiger partial charge is 0.350 e. The van der Waals surface area contributed by atoms with Crippen molar-refractivity contribution in [3.63, 3.8) is 0 Å². The molecule has 0 bridgehead atoms. The van der Waals surface area contributed by atoms with E-state index in [1.54, 1.807) is 12.1 Å². The molecule has 3 rings (SSSR count). The Kier molecular flexibility index (Phi) is 6.00. The number of carbonyl (C=O) groups excluding carboxylic acids is 2. The molecule has 27 heavy (non-hydrogen) atoms. The first kappa shape index (κ1) is 18.4. The molecular formula is C23H22N2O2. The molecule has 0 heterocycles. The van der Waals surface area contributed by atoms with Crippen LogP contribution in [0.15, 0.2) is 78.9 Å². The first-order chi connectivity index (χ1) is 13.1. The molecule has 0 aliphatic carbocycles. The van der Waals surface area contributed by atoms with Crippen molar-refractivity contribution in [1.82, 2.24) is 10.6 Å². The van der Waals surface area contributed by atoms with Gasteiger partial charge in [0, 0.05) is 12.1 Å². The molecule has 0 radical (unpaired) electrons. The predicted octanol–water partition coefficient (Wildman–Crippen LogP) is 3.71. The lowest BCUT2D eigenvalue weighted by Crippen LogP contribution is -2.36. The zero-order chi connectivity index (χ0) is 19.1. The molecule has 0 aliphatic rings. The Bertz CT molecular complexity index is 901. The molecular weight excluding hydrogens is 336 g/mol. The number of benzene rings is 3. The van der Waals surface area contributed by atoms with E-state index in [2.05, 4.69) is 10.6 Å². The number of rotatable bonds is 6. The van der Waals surface area contributed by atoms with Crippen LogP contribution in [-0.4, -0.2) is 18.4 Å². The Labute approximate surface area is 159 Å². The zero-order valence-electron chi connectivity index (χ0n) is 15.2. The van der Waals surface area contributed by atoms with E-state index in [4.69, 9.17) is 0 Å². The molecule has 0 spiro atoms. The highest BCUT2D eigenvalue weighted by Gasteiger charge is 2.08. The minimum absolute atomic E-state index is 0.0505. The summed E-state index contributed by atoms with van der Waals surface area (Å²) >= 11 is 0. The smallest absolute Gasteiger partial charge is 0.251 e. The van der Waals surface area contributed by atoms with Crippen LogP contribution in [0, 0.1) is 6.92 Å². The lowest BCUT2D eigenvalue weighted by molar-refractivity contribution is -0.120. The summed E-state index contributed by atoms with van der Waals surface area (Å²) in [5.41, 5.74) is 4.87. The Balaban J connectivity index is 1.48. The van der Waals surface area contributed by atoms with Crippen LogP contribution in [0.4, 0.5) is 0 Å². The van der Waals surface area contributed by atoms with Crippen LogP contribution >= 0.6 is 0 Å². The van der Waals surface area contributed by atoms with Gasteiger partial charge in [0.15, 0.2) is 0 Å². The Morgan fingerprint density at radius 1 is 0.741 bits per heavy atom. The fourth-order valence-corrected chi connectivity index (χ4v) is 2.68. The SMILES string of the molecule is Cc1ccc(CNC(=O)CNC(=O)c2ccc(-c3ccccc3)cc2)cc1. The van der Waals surface area contributed by atoms with Crippen molar-refractivity contribution in [2.75, 3.05) is 6.54 Å². The first-order valence-electron chi connectivity index (χ1n) is 8.88. The zero-order valence-corrected chi connectivity index (χ0v) is 15.2. The standard InChI is InChI=1S/C23H22N2O2/c1-17-7-9-18(10-8-17)15-24-22(26)16-25-23(27)21-13-11-20(12-14-21)19-5-3-2-4-6-19/h2-14H,15-16H2,1H3,(H,24,26)(H,25,27). The van der Waals surface area contributed by atoms with Crippen LogP contribution < -0.4 is 10.6 Å². The Morgan fingerprint density at radius 2 is 1.37 bits per heavy atom. The van der Waals surface area contributed by atoms with Crippen LogP contribution in [0.2, 0.25) is 0 Å². The maximum atomic E-state index is 12.2. The maximum Gasteiger partial charge on any atom is 0.251 e. The van der Waals surface area contributed by atoms with Gasteiger partial charge in [-0.15, -0.1) is 0 Å². The molecule has 4 nitrogen and oxygen atoms in total. The van der Waals surface area contributed by atoms with E-state index >= 15 is 0 Å². The third-order valence-corrected chi connectivity index (χ3v) is 4.27. The normalized spacial score (nSPS) is 10.3. The van der Waals surface area contributed by atoms with E-state index in [-0.39, 0.29) is 18.4 Å². The molecule has 2 amide bonds. The second kappa shape index (κ2) is 8.81. The third kappa shape index (κ3) is 5.28. The summed E-state index contributed by atoms with van der Waals surface area (Å²) < 4.78 is 0. The average molecular weight is 358 g/mol. The van der Waals surface area contributed by atoms with Crippen LogP contribution in [0.25, 0.3) is 11.1 Å². The van der Waals surface area contributed by atoms with Gasteiger partial charge >= 0.3 is 0 Å². The van der Waals surface area contributed by atoms with Gasteiger partial charge in [-0.1, -0.05) is 72.3 Å². The van der Waals surface area contributed by atoms with Gasteiger partial charge in [0.2, 0.25) is 5.91 Å².